The van der Waals surface area contributed by atoms with Crippen LogP contribution in [0.4, 0.5) is 0 Å². The first-order valence-electron chi connectivity index (χ1n) is 8.06. The smallest absolute Gasteiger partial charge is 0.336 e. The van der Waals surface area contributed by atoms with Crippen LogP contribution in [-0.4, -0.2) is 31.6 Å². The van der Waals surface area contributed by atoms with Gasteiger partial charge in [-0.3, -0.25) is 4.90 Å². The fourth-order valence-electron chi connectivity index (χ4n) is 3.35. The molecule has 0 saturated carbocycles. The van der Waals surface area contributed by atoms with Crippen molar-refractivity contribution in [3.63, 3.8) is 0 Å². The van der Waals surface area contributed by atoms with Crippen molar-refractivity contribution in [1.29, 1.82) is 0 Å². The van der Waals surface area contributed by atoms with Crippen molar-refractivity contribution in [3.05, 3.63) is 45.8 Å². The van der Waals surface area contributed by atoms with Crippen LogP contribution in [0.15, 0.2) is 33.5 Å². The molecule has 0 atom stereocenters. The zero-order valence-electron chi connectivity index (χ0n) is 13.4. The Morgan fingerprint density at radius 1 is 1.27 bits per heavy atom. The van der Waals surface area contributed by atoms with Crippen molar-refractivity contribution in [2.75, 3.05) is 26.7 Å². The van der Waals surface area contributed by atoms with Crippen molar-refractivity contribution >= 4 is 11.0 Å². The number of hydrogen-bond acceptors (Lipinski definition) is 4. The molecule has 2 aromatic rings. The van der Waals surface area contributed by atoms with Gasteiger partial charge in [0.1, 0.15) is 5.58 Å². The van der Waals surface area contributed by atoms with Crippen LogP contribution in [0.5, 0.6) is 0 Å². The minimum absolute atomic E-state index is 0.252. The summed E-state index contributed by atoms with van der Waals surface area (Å²) in [5.74, 6) is 0.779. The largest absolute Gasteiger partial charge is 0.423 e. The van der Waals surface area contributed by atoms with E-state index in [0.717, 1.165) is 48.6 Å². The van der Waals surface area contributed by atoms with Crippen LogP contribution in [0.1, 0.15) is 24.0 Å². The van der Waals surface area contributed by atoms with Gasteiger partial charge in [0.2, 0.25) is 0 Å². The molecule has 0 aliphatic carbocycles. The Balaban J connectivity index is 1.78. The fraction of sp³-hybridized carbons (Fsp3) is 0.500. The molecule has 0 bridgehead atoms. The highest BCUT2D eigenvalue weighted by Crippen LogP contribution is 2.23. The first-order valence-corrected chi connectivity index (χ1v) is 8.06. The summed E-state index contributed by atoms with van der Waals surface area (Å²) in [7, 11) is 2.02. The molecule has 2 heterocycles. The summed E-state index contributed by atoms with van der Waals surface area (Å²) in [5.41, 5.74) is 2.64. The minimum atomic E-state index is -0.252. The van der Waals surface area contributed by atoms with Crippen LogP contribution in [0, 0.1) is 12.8 Å². The maximum Gasteiger partial charge on any atom is 0.336 e. The van der Waals surface area contributed by atoms with Gasteiger partial charge in [-0.15, -0.1) is 0 Å². The van der Waals surface area contributed by atoms with Gasteiger partial charge < -0.3 is 9.73 Å². The van der Waals surface area contributed by atoms with Crippen LogP contribution >= 0.6 is 0 Å². The summed E-state index contributed by atoms with van der Waals surface area (Å²) < 4.78 is 5.34. The van der Waals surface area contributed by atoms with E-state index in [2.05, 4.69) is 22.3 Å². The average Bonchev–Trinajstić information content (AvgIpc) is 2.49. The number of benzene rings is 1. The Labute approximate surface area is 131 Å². The normalized spacial score (nSPS) is 17.2. The highest BCUT2D eigenvalue weighted by molar-refractivity contribution is 5.80. The summed E-state index contributed by atoms with van der Waals surface area (Å²) in [4.78, 5) is 14.2. The monoisotopic (exact) mass is 300 g/mol. The van der Waals surface area contributed by atoms with Gasteiger partial charge in [0, 0.05) is 18.0 Å². The summed E-state index contributed by atoms with van der Waals surface area (Å²) in [6, 6.07) is 7.73. The lowest BCUT2D eigenvalue weighted by Gasteiger charge is -2.32. The molecule has 1 aromatic carbocycles. The zero-order valence-corrected chi connectivity index (χ0v) is 13.4. The molecule has 3 rings (SSSR count). The van der Waals surface area contributed by atoms with E-state index in [1.54, 1.807) is 6.07 Å². The number of nitrogens with one attached hydrogen (secondary N) is 1. The summed E-state index contributed by atoms with van der Waals surface area (Å²) in [6.07, 6.45) is 2.44. The lowest BCUT2D eigenvalue weighted by molar-refractivity contribution is 0.177. The molecule has 0 amide bonds. The Hall–Kier alpha value is -1.65. The molecular formula is C18H24N2O2. The molecule has 1 aromatic heterocycles. The lowest BCUT2D eigenvalue weighted by atomic mass is 9.96. The summed E-state index contributed by atoms with van der Waals surface area (Å²) >= 11 is 0. The van der Waals surface area contributed by atoms with E-state index in [-0.39, 0.29) is 5.63 Å². The number of hydrogen-bond donors (Lipinski definition) is 1. The predicted octanol–water partition coefficient (Wildman–Crippen LogP) is 2.53. The van der Waals surface area contributed by atoms with Gasteiger partial charge in [-0.25, -0.2) is 4.79 Å². The topological polar surface area (TPSA) is 45.5 Å². The SMILES string of the molecule is CNCC1CCN(Cc2cc(=O)oc3cc(C)ccc23)CC1. The zero-order chi connectivity index (χ0) is 15.5. The standard InChI is InChI=1S/C18H24N2O2/c1-13-3-4-16-15(10-18(21)22-17(16)9-13)12-20-7-5-14(6-8-20)11-19-2/h3-4,9-10,14,19H,5-8,11-12H2,1-2H3. The second-order valence-electron chi connectivity index (χ2n) is 6.37. The molecule has 1 aliphatic heterocycles. The van der Waals surface area contributed by atoms with Crippen molar-refractivity contribution < 1.29 is 4.42 Å². The average molecular weight is 300 g/mol. The van der Waals surface area contributed by atoms with Crippen LogP contribution in [-0.2, 0) is 6.54 Å². The number of nitrogens with zero attached hydrogens (tertiary/aromatic N) is 1. The van der Waals surface area contributed by atoms with E-state index in [9.17, 15) is 4.79 Å². The third-order valence-corrected chi connectivity index (χ3v) is 4.58. The van der Waals surface area contributed by atoms with Crippen molar-refractivity contribution in [2.24, 2.45) is 5.92 Å². The van der Waals surface area contributed by atoms with Gasteiger partial charge in [0.25, 0.3) is 0 Å². The van der Waals surface area contributed by atoms with E-state index in [1.165, 1.54) is 12.8 Å². The van der Waals surface area contributed by atoms with Gasteiger partial charge in [0.05, 0.1) is 0 Å². The Kier molecular flexibility index (Phi) is 4.60. The highest BCUT2D eigenvalue weighted by atomic mass is 16.4. The fourth-order valence-corrected chi connectivity index (χ4v) is 3.35. The highest BCUT2D eigenvalue weighted by Gasteiger charge is 2.19. The first kappa shape index (κ1) is 15.3. The number of aryl methyl sites for hydroxylation is 1. The first-order chi connectivity index (χ1) is 10.7. The molecule has 0 unspecified atom stereocenters. The van der Waals surface area contributed by atoms with Crippen LogP contribution in [0.2, 0.25) is 0 Å². The Bertz CT molecular complexity index is 700. The van der Waals surface area contributed by atoms with Crippen LogP contribution < -0.4 is 10.9 Å². The molecule has 118 valence electrons. The van der Waals surface area contributed by atoms with E-state index in [0.29, 0.717) is 5.58 Å². The third kappa shape index (κ3) is 3.39. The quantitative estimate of drug-likeness (QED) is 0.881. The van der Waals surface area contributed by atoms with Gasteiger partial charge in [-0.05, 0) is 69.6 Å². The molecule has 1 fully saturated rings. The van der Waals surface area contributed by atoms with E-state index < -0.39 is 0 Å². The van der Waals surface area contributed by atoms with Crippen molar-refractivity contribution in [3.8, 4) is 0 Å². The van der Waals surface area contributed by atoms with Gasteiger partial charge in [-0.1, -0.05) is 12.1 Å². The summed E-state index contributed by atoms with van der Waals surface area (Å²) in [6.45, 7) is 6.14. The predicted molar refractivity (Wildman–Crippen MR) is 89.1 cm³/mol. The second kappa shape index (κ2) is 6.63. The molecule has 22 heavy (non-hydrogen) atoms. The van der Waals surface area contributed by atoms with E-state index >= 15 is 0 Å². The molecule has 1 N–H and O–H groups in total. The number of piperidine rings is 1. The van der Waals surface area contributed by atoms with Gasteiger partial charge in [0.15, 0.2) is 0 Å². The molecule has 4 nitrogen and oxygen atoms in total. The molecule has 0 radical (unpaired) electrons. The van der Waals surface area contributed by atoms with Crippen molar-refractivity contribution in [2.45, 2.75) is 26.3 Å². The molecule has 0 spiro atoms. The number of rotatable bonds is 4. The maximum absolute atomic E-state index is 11.8. The Morgan fingerprint density at radius 2 is 2.05 bits per heavy atom. The third-order valence-electron chi connectivity index (χ3n) is 4.58. The molecule has 1 aliphatic rings. The molecule has 1 saturated heterocycles. The molecule has 4 heteroatoms. The second-order valence-corrected chi connectivity index (χ2v) is 6.37. The maximum atomic E-state index is 11.8. The van der Waals surface area contributed by atoms with Crippen LogP contribution in [0.25, 0.3) is 11.0 Å². The molecular weight excluding hydrogens is 276 g/mol. The summed E-state index contributed by atoms with van der Waals surface area (Å²) in [5, 5.41) is 4.32. The Morgan fingerprint density at radius 3 is 2.77 bits per heavy atom. The van der Waals surface area contributed by atoms with Gasteiger partial charge in [-0.2, -0.15) is 0 Å². The lowest BCUT2D eigenvalue weighted by Crippen LogP contribution is -2.36. The number of likely N-dealkylation sites (tertiary alicyclic amines) is 1. The van der Waals surface area contributed by atoms with E-state index in [4.69, 9.17) is 4.42 Å². The minimum Gasteiger partial charge on any atom is -0.423 e. The van der Waals surface area contributed by atoms with Crippen LogP contribution in [0.3, 0.4) is 0 Å². The van der Waals surface area contributed by atoms with Crippen molar-refractivity contribution in [1.82, 2.24) is 10.2 Å². The van der Waals surface area contributed by atoms with Gasteiger partial charge >= 0.3 is 5.63 Å². The van der Waals surface area contributed by atoms with E-state index in [1.807, 2.05) is 20.0 Å². The number of fused-ring (bicyclic) bond motifs is 1.